The van der Waals surface area contributed by atoms with Gasteiger partial charge in [-0.3, -0.25) is 5.41 Å². The Kier molecular flexibility index (Phi) is 3.46. The lowest BCUT2D eigenvalue weighted by Gasteiger charge is -2.11. The predicted octanol–water partition coefficient (Wildman–Crippen LogP) is 2.91. The van der Waals surface area contributed by atoms with Crippen LogP contribution in [0.4, 0.5) is 4.39 Å². The highest BCUT2D eigenvalue weighted by Gasteiger charge is 2.12. The van der Waals surface area contributed by atoms with Gasteiger partial charge in [-0.15, -0.1) is 0 Å². The number of pyridine rings is 1. The average Bonchev–Trinajstić information content (AvgIpc) is 2.33. The monoisotopic (exact) mass is 259 g/mol. The summed E-state index contributed by atoms with van der Waals surface area (Å²) in [5.74, 6) is -0.448. The zero-order valence-corrected chi connectivity index (χ0v) is 10.7. The van der Waals surface area contributed by atoms with Gasteiger partial charge in [0.1, 0.15) is 5.84 Å². The van der Waals surface area contributed by atoms with E-state index in [0.29, 0.717) is 11.3 Å². The molecular formula is C14H14FN3O. The maximum absolute atomic E-state index is 13.7. The molecule has 19 heavy (non-hydrogen) atoms. The maximum Gasteiger partial charge on any atom is 0.230 e. The number of amidine groups is 1. The third-order valence-electron chi connectivity index (χ3n) is 2.58. The first kappa shape index (κ1) is 13.0. The molecule has 1 aromatic heterocycles. The average molecular weight is 259 g/mol. The lowest BCUT2D eigenvalue weighted by molar-refractivity contribution is 0.425. The Hall–Kier alpha value is -2.43. The number of halogens is 1. The van der Waals surface area contributed by atoms with E-state index in [1.165, 1.54) is 6.07 Å². The standard InChI is InChI=1S/C14H14FN3O/c1-8-3-6-11(15)12(7-8)19-14-10(13(16)17)5-4-9(2)18-14/h3-7H,1-2H3,(H3,16,17). The molecule has 1 aromatic carbocycles. The largest absolute Gasteiger partial charge is 0.435 e. The quantitative estimate of drug-likeness (QED) is 0.657. The highest BCUT2D eigenvalue weighted by atomic mass is 19.1. The second-order valence-electron chi connectivity index (χ2n) is 4.25. The van der Waals surface area contributed by atoms with Crippen LogP contribution < -0.4 is 10.5 Å². The zero-order chi connectivity index (χ0) is 14.0. The van der Waals surface area contributed by atoms with E-state index in [9.17, 15) is 4.39 Å². The summed E-state index contributed by atoms with van der Waals surface area (Å²) in [4.78, 5) is 4.15. The van der Waals surface area contributed by atoms with Crippen LogP contribution in [-0.2, 0) is 0 Å². The molecule has 2 rings (SSSR count). The predicted molar refractivity (Wildman–Crippen MR) is 71.2 cm³/mol. The molecular weight excluding hydrogens is 245 g/mol. The van der Waals surface area contributed by atoms with Crippen LogP contribution in [0.3, 0.4) is 0 Å². The second kappa shape index (κ2) is 5.06. The fourth-order valence-electron chi connectivity index (χ4n) is 1.61. The van der Waals surface area contributed by atoms with Crippen molar-refractivity contribution in [3.63, 3.8) is 0 Å². The minimum Gasteiger partial charge on any atom is -0.435 e. The highest BCUT2D eigenvalue weighted by Crippen LogP contribution is 2.26. The second-order valence-corrected chi connectivity index (χ2v) is 4.25. The van der Waals surface area contributed by atoms with Gasteiger partial charge in [0, 0.05) is 5.69 Å². The van der Waals surface area contributed by atoms with E-state index in [1.807, 2.05) is 6.92 Å². The molecule has 0 aliphatic heterocycles. The summed E-state index contributed by atoms with van der Waals surface area (Å²) >= 11 is 0. The van der Waals surface area contributed by atoms with Crippen molar-refractivity contribution in [2.24, 2.45) is 5.73 Å². The number of hydrogen-bond acceptors (Lipinski definition) is 3. The first-order chi connectivity index (χ1) is 8.97. The lowest BCUT2D eigenvalue weighted by Crippen LogP contribution is -2.13. The Morgan fingerprint density at radius 3 is 2.68 bits per heavy atom. The summed E-state index contributed by atoms with van der Waals surface area (Å²) in [7, 11) is 0. The minimum atomic E-state index is -0.483. The molecule has 5 heteroatoms. The Morgan fingerprint density at radius 1 is 1.26 bits per heavy atom. The van der Waals surface area contributed by atoms with E-state index < -0.39 is 5.82 Å². The zero-order valence-electron chi connectivity index (χ0n) is 10.7. The van der Waals surface area contributed by atoms with Crippen molar-refractivity contribution in [3.05, 3.63) is 53.0 Å². The van der Waals surface area contributed by atoms with Crippen LogP contribution in [0.15, 0.2) is 30.3 Å². The van der Waals surface area contributed by atoms with Crippen LogP contribution in [0.1, 0.15) is 16.8 Å². The molecule has 0 radical (unpaired) electrons. The van der Waals surface area contributed by atoms with Crippen LogP contribution in [0.25, 0.3) is 0 Å². The Bertz CT molecular complexity index is 641. The number of ether oxygens (including phenoxy) is 1. The van der Waals surface area contributed by atoms with Gasteiger partial charge in [-0.05, 0) is 43.7 Å². The van der Waals surface area contributed by atoms with Gasteiger partial charge in [0.05, 0.1) is 5.56 Å². The molecule has 0 atom stereocenters. The van der Waals surface area contributed by atoms with Gasteiger partial charge < -0.3 is 10.5 Å². The summed E-state index contributed by atoms with van der Waals surface area (Å²) in [6, 6.07) is 7.90. The number of nitrogens with zero attached hydrogens (tertiary/aromatic N) is 1. The number of nitrogens with one attached hydrogen (secondary N) is 1. The molecule has 98 valence electrons. The number of aromatic nitrogens is 1. The summed E-state index contributed by atoms with van der Waals surface area (Å²) in [6.45, 7) is 3.62. The molecule has 0 spiro atoms. The molecule has 0 fully saturated rings. The van der Waals surface area contributed by atoms with Gasteiger partial charge in [0.15, 0.2) is 11.6 Å². The summed E-state index contributed by atoms with van der Waals surface area (Å²) in [5.41, 5.74) is 7.37. The number of rotatable bonds is 3. The molecule has 0 amide bonds. The Labute approximate surface area is 110 Å². The van der Waals surface area contributed by atoms with Crippen LogP contribution in [0.5, 0.6) is 11.6 Å². The smallest absolute Gasteiger partial charge is 0.230 e. The number of benzene rings is 1. The molecule has 0 saturated heterocycles. The van der Waals surface area contributed by atoms with Crippen molar-refractivity contribution in [3.8, 4) is 11.6 Å². The van der Waals surface area contributed by atoms with Crippen LogP contribution >= 0.6 is 0 Å². The van der Waals surface area contributed by atoms with E-state index in [1.54, 1.807) is 31.2 Å². The van der Waals surface area contributed by atoms with Gasteiger partial charge in [-0.1, -0.05) is 6.07 Å². The van der Waals surface area contributed by atoms with E-state index in [-0.39, 0.29) is 17.5 Å². The Balaban J connectivity index is 2.45. The SMILES string of the molecule is Cc1ccc(F)c(Oc2nc(C)ccc2C(=N)N)c1. The van der Waals surface area contributed by atoms with E-state index in [0.717, 1.165) is 5.56 Å². The molecule has 1 heterocycles. The van der Waals surface area contributed by atoms with Crippen molar-refractivity contribution in [2.75, 3.05) is 0 Å². The van der Waals surface area contributed by atoms with Crippen molar-refractivity contribution < 1.29 is 9.13 Å². The van der Waals surface area contributed by atoms with Gasteiger partial charge >= 0.3 is 0 Å². The minimum absolute atomic E-state index is 0.0700. The van der Waals surface area contributed by atoms with Crippen molar-refractivity contribution in [2.45, 2.75) is 13.8 Å². The molecule has 4 nitrogen and oxygen atoms in total. The topological polar surface area (TPSA) is 72.0 Å². The van der Waals surface area contributed by atoms with Crippen molar-refractivity contribution in [1.82, 2.24) is 4.98 Å². The fraction of sp³-hybridized carbons (Fsp3) is 0.143. The molecule has 0 saturated carbocycles. The highest BCUT2D eigenvalue weighted by molar-refractivity contribution is 5.97. The molecule has 3 N–H and O–H groups in total. The van der Waals surface area contributed by atoms with Crippen LogP contribution in [-0.4, -0.2) is 10.8 Å². The van der Waals surface area contributed by atoms with Crippen molar-refractivity contribution >= 4 is 5.84 Å². The number of nitrogen functional groups attached to an aromatic ring is 1. The van der Waals surface area contributed by atoms with E-state index in [2.05, 4.69) is 4.98 Å². The van der Waals surface area contributed by atoms with Gasteiger partial charge in [-0.2, -0.15) is 0 Å². The fourth-order valence-corrected chi connectivity index (χ4v) is 1.61. The van der Waals surface area contributed by atoms with Crippen LogP contribution in [0, 0.1) is 25.1 Å². The molecule has 0 unspecified atom stereocenters. The maximum atomic E-state index is 13.7. The molecule has 0 aliphatic carbocycles. The molecule has 0 aliphatic rings. The third-order valence-corrected chi connectivity index (χ3v) is 2.58. The lowest BCUT2D eigenvalue weighted by atomic mass is 10.2. The van der Waals surface area contributed by atoms with Gasteiger partial charge in [0.25, 0.3) is 0 Å². The number of nitrogens with two attached hydrogens (primary N) is 1. The van der Waals surface area contributed by atoms with Gasteiger partial charge in [0.2, 0.25) is 5.88 Å². The number of aryl methyl sites for hydroxylation is 2. The summed E-state index contributed by atoms with van der Waals surface area (Å²) in [6.07, 6.45) is 0. The summed E-state index contributed by atoms with van der Waals surface area (Å²) < 4.78 is 19.1. The first-order valence-electron chi connectivity index (χ1n) is 5.73. The van der Waals surface area contributed by atoms with E-state index in [4.69, 9.17) is 15.9 Å². The van der Waals surface area contributed by atoms with Crippen LogP contribution in [0.2, 0.25) is 0 Å². The molecule has 2 aromatic rings. The molecule has 0 bridgehead atoms. The summed E-state index contributed by atoms with van der Waals surface area (Å²) in [5, 5.41) is 7.47. The van der Waals surface area contributed by atoms with Crippen molar-refractivity contribution in [1.29, 1.82) is 5.41 Å². The van der Waals surface area contributed by atoms with E-state index >= 15 is 0 Å². The number of hydrogen-bond donors (Lipinski definition) is 2. The third kappa shape index (κ3) is 2.88. The Morgan fingerprint density at radius 2 is 2.00 bits per heavy atom. The normalized spacial score (nSPS) is 10.3. The van der Waals surface area contributed by atoms with Gasteiger partial charge in [-0.25, -0.2) is 9.37 Å². The first-order valence-corrected chi connectivity index (χ1v) is 5.73.